The molecule has 0 N–H and O–H groups in total. The van der Waals surface area contributed by atoms with Gasteiger partial charge in [-0.05, 0) is 119 Å². The van der Waals surface area contributed by atoms with Crippen LogP contribution >= 0.6 is 0 Å². The van der Waals surface area contributed by atoms with Crippen LogP contribution in [0.25, 0.3) is 0 Å². The third-order valence-electron chi connectivity index (χ3n) is 11.2. The lowest BCUT2D eigenvalue weighted by atomic mass is 9.43. The van der Waals surface area contributed by atoms with Crippen molar-refractivity contribution in [1.29, 1.82) is 0 Å². The summed E-state index contributed by atoms with van der Waals surface area (Å²) >= 11 is 0. The molecule has 0 bridgehead atoms. The van der Waals surface area contributed by atoms with Gasteiger partial charge in [0, 0.05) is 18.8 Å². The molecule has 4 aliphatic rings. The summed E-state index contributed by atoms with van der Waals surface area (Å²) in [4.78, 5) is 36.1. The second kappa shape index (κ2) is 10.8. The van der Waals surface area contributed by atoms with Gasteiger partial charge in [0.1, 0.15) is 6.10 Å². The fourth-order valence-electron chi connectivity index (χ4n) is 9.45. The van der Waals surface area contributed by atoms with Crippen LogP contribution in [-0.2, 0) is 28.8 Å². The van der Waals surface area contributed by atoms with Gasteiger partial charge in [0.25, 0.3) is 0 Å². The van der Waals surface area contributed by atoms with E-state index >= 15 is 0 Å². The first kappa shape index (κ1) is 28.9. The Kier molecular flexibility index (Phi) is 8.42. The maximum atomic E-state index is 11.9. The van der Waals surface area contributed by atoms with Gasteiger partial charge in [0.05, 0.1) is 18.8 Å². The Labute approximate surface area is 224 Å². The van der Waals surface area contributed by atoms with Crippen LogP contribution in [-0.4, -0.2) is 36.9 Å². The van der Waals surface area contributed by atoms with Crippen molar-refractivity contribution in [3.8, 4) is 0 Å². The molecule has 0 amide bonds. The Morgan fingerprint density at radius 1 is 1.00 bits per heavy atom. The smallest absolute Gasteiger partial charge is 0.305 e. The Hall–Kier alpha value is -1.14. The van der Waals surface area contributed by atoms with Crippen LogP contribution in [0.3, 0.4) is 0 Å². The van der Waals surface area contributed by atoms with Gasteiger partial charge in [0.2, 0.25) is 0 Å². The monoisotopic (exact) mass is 520 g/mol. The second-order valence-electron chi connectivity index (χ2n) is 14.3. The van der Waals surface area contributed by atoms with Crippen LogP contribution < -0.4 is 0 Å². The van der Waals surface area contributed by atoms with E-state index in [9.17, 15) is 9.59 Å². The highest BCUT2D eigenvalue weighted by Crippen LogP contribution is 2.69. The summed E-state index contributed by atoms with van der Waals surface area (Å²) in [6.45, 7) is 15.0. The first-order valence-corrected chi connectivity index (χ1v) is 14.9. The SMILES string of the molecule is COC(=O)CC[C@@H](C)[C@H]1CC[C@H]2[C@@H]3CC[C@@H]4C[C@H](OC(C)=O)CC[C@]4(C)C3CC(OOC(C)(C)C)[C@]12C. The molecule has 4 rings (SSSR count). The Morgan fingerprint density at radius 3 is 2.38 bits per heavy atom. The van der Waals surface area contributed by atoms with E-state index in [0.717, 1.165) is 32.1 Å². The predicted molar refractivity (Wildman–Crippen MR) is 142 cm³/mol. The van der Waals surface area contributed by atoms with E-state index < -0.39 is 0 Å². The lowest BCUT2D eigenvalue weighted by Gasteiger charge is -2.62. The molecule has 6 heteroatoms. The third-order valence-corrected chi connectivity index (χ3v) is 11.2. The van der Waals surface area contributed by atoms with E-state index in [1.807, 2.05) is 0 Å². The summed E-state index contributed by atoms with van der Waals surface area (Å²) in [5.74, 6) is 3.16. The second-order valence-corrected chi connectivity index (χ2v) is 14.3. The third kappa shape index (κ3) is 5.62. The van der Waals surface area contributed by atoms with Crippen molar-refractivity contribution < 1.29 is 28.8 Å². The summed E-state index contributed by atoms with van der Waals surface area (Å²) < 4.78 is 10.6. The molecular formula is C31H52O6. The van der Waals surface area contributed by atoms with Gasteiger partial charge in [-0.3, -0.25) is 9.59 Å². The van der Waals surface area contributed by atoms with E-state index in [0.29, 0.717) is 41.9 Å². The highest BCUT2D eigenvalue weighted by molar-refractivity contribution is 5.69. The number of esters is 2. The molecule has 0 aromatic rings. The molecule has 2 unspecified atom stereocenters. The van der Waals surface area contributed by atoms with E-state index in [1.54, 1.807) is 0 Å². The van der Waals surface area contributed by atoms with E-state index in [-0.39, 0.29) is 40.6 Å². The number of methoxy groups -OCH3 is 1. The molecule has 4 fully saturated rings. The molecule has 6 nitrogen and oxygen atoms in total. The van der Waals surface area contributed by atoms with Gasteiger partial charge < -0.3 is 9.47 Å². The molecule has 0 spiro atoms. The summed E-state index contributed by atoms with van der Waals surface area (Å²) in [5, 5.41) is 0. The van der Waals surface area contributed by atoms with Crippen molar-refractivity contribution >= 4 is 11.9 Å². The number of carbonyl (C=O) groups excluding carboxylic acids is 2. The van der Waals surface area contributed by atoms with E-state index in [2.05, 4.69) is 41.5 Å². The van der Waals surface area contributed by atoms with Crippen molar-refractivity contribution in [2.24, 2.45) is 46.3 Å². The maximum Gasteiger partial charge on any atom is 0.305 e. The quantitative estimate of drug-likeness (QED) is 0.207. The van der Waals surface area contributed by atoms with Crippen LogP contribution in [0.1, 0.15) is 113 Å². The summed E-state index contributed by atoms with van der Waals surface area (Å²) in [6.07, 6.45) is 10.5. The zero-order valence-electron chi connectivity index (χ0n) is 24.6. The van der Waals surface area contributed by atoms with Crippen LogP contribution in [0.4, 0.5) is 0 Å². The fraction of sp³-hybridized carbons (Fsp3) is 0.935. The number of rotatable bonds is 7. The van der Waals surface area contributed by atoms with E-state index in [1.165, 1.54) is 39.7 Å². The molecule has 0 heterocycles. The topological polar surface area (TPSA) is 71.1 Å². The zero-order chi connectivity index (χ0) is 27.2. The Balaban J connectivity index is 1.59. The minimum Gasteiger partial charge on any atom is -0.469 e. The molecule has 0 saturated heterocycles. The molecule has 10 atom stereocenters. The summed E-state index contributed by atoms with van der Waals surface area (Å²) in [6, 6.07) is 0. The average molecular weight is 521 g/mol. The Bertz CT molecular complexity index is 834. The molecule has 37 heavy (non-hydrogen) atoms. The molecule has 4 aliphatic carbocycles. The maximum absolute atomic E-state index is 11.9. The highest BCUT2D eigenvalue weighted by atomic mass is 17.2. The van der Waals surface area contributed by atoms with Crippen molar-refractivity contribution in [3.63, 3.8) is 0 Å². The lowest BCUT2D eigenvalue weighted by molar-refractivity contribution is -0.404. The summed E-state index contributed by atoms with van der Waals surface area (Å²) in [5.41, 5.74) is -0.0900. The van der Waals surface area contributed by atoms with Crippen molar-refractivity contribution in [3.05, 3.63) is 0 Å². The Morgan fingerprint density at radius 2 is 1.73 bits per heavy atom. The lowest BCUT2D eigenvalue weighted by Crippen LogP contribution is -2.59. The number of hydrogen-bond donors (Lipinski definition) is 0. The molecule has 0 aromatic heterocycles. The normalized spacial score (nSPS) is 42.2. The molecular weight excluding hydrogens is 468 g/mol. The molecule has 0 aliphatic heterocycles. The number of ether oxygens (including phenoxy) is 2. The van der Waals surface area contributed by atoms with Gasteiger partial charge in [-0.2, -0.15) is 0 Å². The fourth-order valence-corrected chi connectivity index (χ4v) is 9.45. The number of fused-ring (bicyclic) bond motifs is 5. The van der Waals surface area contributed by atoms with Crippen molar-refractivity contribution in [2.75, 3.05) is 7.11 Å². The standard InChI is InChI=1S/C31H52O6/c1-19(9-14-28(33)34-8)24-12-13-25-23-11-10-21-17-22(35-20(2)32)15-16-30(21,6)26(23)18-27(31(24,25)7)36-37-29(3,4)5/h19,21-27H,9-18H2,1-8H3/t19-,21-,22-,23+,24-,25+,26?,27?,30+,31-/m1/s1. The zero-order valence-corrected chi connectivity index (χ0v) is 24.6. The number of hydrogen-bond acceptors (Lipinski definition) is 6. The molecule has 0 aromatic carbocycles. The highest BCUT2D eigenvalue weighted by Gasteiger charge is 2.65. The van der Waals surface area contributed by atoms with Gasteiger partial charge >= 0.3 is 11.9 Å². The first-order valence-electron chi connectivity index (χ1n) is 14.9. The molecule has 0 radical (unpaired) electrons. The van der Waals surface area contributed by atoms with E-state index in [4.69, 9.17) is 19.2 Å². The summed E-state index contributed by atoms with van der Waals surface area (Å²) in [7, 11) is 1.48. The van der Waals surface area contributed by atoms with Crippen LogP contribution in [0, 0.1) is 46.3 Å². The van der Waals surface area contributed by atoms with Gasteiger partial charge in [0.15, 0.2) is 0 Å². The van der Waals surface area contributed by atoms with Crippen molar-refractivity contribution in [1.82, 2.24) is 0 Å². The van der Waals surface area contributed by atoms with Crippen LogP contribution in [0.5, 0.6) is 0 Å². The van der Waals surface area contributed by atoms with Crippen molar-refractivity contribution in [2.45, 2.75) is 130 Å². The van der Waals surface area contributed by atoms with Gasteiger partial charge in [-0.15, -0.1) is 0 Å². The molecule has 212 valence electrons. The van der Waals surface area contributed by atoms with Crippen LogP contribution in [0.2, 0.25) is 0 Å². The largest absolute Gasteiger partial charge is 0.469 e. The minimum absolute atomic E-state index is 0.0279. The predicted octanol–water partition coefficient (Wildman–Crippen LogP) is 6.89. The first-order chi connectivity index (χ1) is 17.3. The average Bonchev–Trinajstić information content (AvgIpc) is 3.18. The minimum atomic E-state index is -0.367. The van der Waals surface area contributed by atoms with Gasteiger partial charge in [-0.1, -0.05) is 20.8 Å². The molecule has 4 saturated carbocycles. The number of carbonyl (C=O) groups is 2. The van der Waals surface area contributed by atoms with Gasteiger partial charge in [-0.25, -0.2) is 9.78 Å². The van der Waals surface area contributed by atoms with Crippen LogP contribution in [0.15, 0.2) is 0 Å².